The van der Waals surface area contributed by atoms with Crippen molar-refractivity contribution in [3.05, 3.63) is 23.8 Å². The smallest absolute Gasteiger partial charge is 0.492 e. The second kappa shape index (κ2) is 4.84. The van der Waals surface area contributed by atoms with E-state index in [0.29, 0.717) is 17.8 Å². The molecule has 5 nitrogen and oxygen atoms in total. The zero-order chi connectivity index (χ0) is 11.5. The summed E-state index contributed by atoms with van der Waals surface area (Å²) in [5, 5.41) is 18.4. The molecule has 0 bridgehead atoms. The fraction of sp³-hybridized carbons (Fsp3) is 0.400. The minimum Gasteiger partial charge on any atom is -0.492 e. The van der Waals surface area contributed by atoms with E-state index >= 15 is 0 Å². The van der Waals surface area contributed by atoms with Crippen molar-refractivity contribution in [2.75, 3.05) is 19.8 Å². The van der Waals surface area contributed by atoms with Gasteiger partial charge in [0.2, 0.25) is 0 Å². The molecule has 0 amide bonds. The first-order valence-corrected chi connectivity index (χ1v) is 5.18. The number of aliphatic hydroxyl groups excluding tert-OH is 1. The minimum atomic E-state index is -1.00. The van der Waals surface area contributed by atoms with Crippen molar-refractivity contribution in [3.63, 3.8) is 0 Å². The second-order valence-electron chi connectivity index (χ2n) is 3.54. The van der Waals surface area contributed by atoms with E-state index in [9.17, 15) is 5.02 Å². The van der Waals surface area contributed by atoms with E-state index in [4.69, 9.17) is 20.2 Å². The Morgan fingerprint density at radius 1 is 1.50 bits per heavy atom. The van der Waals surface area contributed by atoms with Crippen molar-refractivity contribution in [2.45, 2.75) is 6.10 Å². The summed E-state index contributed by atoms with van der Waals surface area (Å²) in [6.07, 6.45) is -0.289. The summed E-state index contributed by atoms with van der Waals surface area (Å²) >= 11 is 0. The maximum Gasteiger partial charge on any atom is 0.495 e. The molecule has 1 aromatic carbocycles. The minimum absolute atomic E-state index is 0.0685. The van der Waals surface area contributed by atoms with Crippen LogP contribution in [0.25, 0.3) is 0 Å². The van der Waals surface area contributed by atoms with E-state index in [-0.39, 0.29) is 19.3 Å². The number of nitrogens with two attached hydrogens (primary N) is 1. The van der Waals surface area contributed by atoms with Gasteiger partial charge in [0.05, 0.1) is 12.7 Å². The molecule has 4 N–H and O–H groups in total. The lowest BCUT2D eigenvalue weighted by molar-refractivity contribution is 0.197. The van der Waals surface area contributed by atoms with Crippen LogP contribution in [0.1, 0.15) is 11.7 Å². The van der Waals surface area contributed by atoms with Crippen molar-refractivity contribution in [3.8, 4) is 5.75 Å². The predicted octanol–water partition coefficient (Wildman–Crippen LogP) is -1.22. The van der Waals surface area contributed by atoms with Crippen LogP contribution in [0.4, 0.5) is 0 Å². The average Bonchev–Trinajstić information content (AvgIpc) is 2.64. The maximum absolute atomic E-state index is 9.74. The Hall–Kier alpha value is -1.08. The molecule has 0 saturated heterocycles. The number of ether oxygens (including phenoxy) is 1. The summed E-state index contributed by atoms with van der Waals surface area (Å²) in [6.45, 7) is 0.435. The van der Waals surface area contributed by atoms with Crippen molar-refractivity contribution in [2.24, 2.45) is 5.73 Å². The first kappa shape index (κ1) is 11.4. The molecule has 16 heavy (non-hydrogen) atoms. The van der Waals surface area contributed by atoms with Gasteiger partial charge in [0.1, 0.15) is 12.4 Å². The summed E-state index contributed by atoms with van der Waals surface area (Å²) in [5.74, 6) is 0.537. The van der Waals surface area contributed by atoms with Crippen molar-refractivity contribution in [1.29, 1.82) is 0 Å². The van der Waals surface area contributed by atoms with Crippen LogP contribution < -0.4 is 15.9 Å². The predicted molar refractivity (Wildman–Crippen MR) is 59.5 cm³/mol. The lowest BCUT2D eigenvalue weighted by Gasteiger charge is -2.10. The highest BCUT2D eigenvalue weighted by Crippen LogP contribution is 2.26. The molecule has 0 saturated carbocycles. The molecule has 0 spiro atoms. The molecule has 1 aromatic rings. The van der Waals surface area contributed by atoms with Crippen LogP contribution in [0.15, 0.2) is 18.2 Å². The van der Waals surface area contributed by atoms with Crippen LogP contribution in [0, 0.1) is 0 Å². The van der Waals surface area contributed by atoms with Gasteiger partial charge in [-0.25, -0.2) is 0 Å². The van der Waals surface area contributed by atoms with Gasteiger partial charge in [-0.2, -0.15) is 0 Å². The molecular formula is C10H14BNO4. The molecule has 0 radical (unpaired) electrons. The molecule has 86 valence electrons. The van der Waals surface area contributed by atoms with E-state index in [2.05, 4.69) is 0 Å². The number of rotatable bonds is 4. The van der Waals surface area contributed by atoms with Gasteiger partial charge in [-0.15, -0.1) is 0 Å². The second-order valence-corrected chi connectivity index (χ2v) is 3.54. The zero-order valence-electron chi connectivity index (χ0n) is 8.80. The van der Waals surface area contributed by atoms with Gasteiger partial charge in [-0.05, 0) is 11.6 Å². The van der Waals surface area contributed by atoms with Crippen LogP contribution in [-0.4, -0.2) is 37.0 Å². The number of hydrogen-bond acceptors (Lipinski definition) is 5. The molecule has 1 unspecified atom stereocenters. The Bertz CT molecular complexity index is 374. The Morgan fingerprint density at radius 3 is 3.00 bits per heavy atom. The van der Waals surface area contributed by atoms with Crippen molar-refractivity contribution >= 4 is 12.6 Å². The normalized spacial score (nSPS) is 18.7. The third-order valence-electron chi connectivity index (χ3n) is 2.55. The zero-order valence-corrected chi connectivity index (χ0v) is 8.80. The van der Waals surface area contributed by atoms with Gasteiger partial charge in [0.15, 0.2) is 0 Å². The number of fused-ring (bicyclic) bond motifs is 1. The highest BCUT2D eigenvalue weighted by molar-refractivity contribution is 6.62. The Morgan fingerprint density at radius 2 is 2.31 bits per heavy atom. The molecule has 0 aliphatic carbocycles. The quantitative estimate of drug-likeness (QED) is 0.557. The summed E-state index contributed by atoms with van der Waals surface area (Å²) in [5.41, 5.74) is 7.01. The SMILES string of the molecule is NCC1OB(O)c2c(OCCO)cccc21. The summed E-state index contributed by atoms with van der Waals surface area (Å²) in [4.78, 5) is 0. The standard InChI is InChI=1S/C10H14BNO4/c12-6-9-7-2-1-3-8(15-5-4-13)10(7)11(14)16-9/h1-3,9,13-14H,4-6,12H2. The monoisotopic (exact) mass is 223 g/mol. The molecule has 2 rings (SSSR count). The summed E-state index contributed by atoms with van der Waals surface area (Å²) in [6, 6.07) is 5.41. The summed E-state index contributed by atoms with van der Waals surface area (Å²) in [7, 11) is -1.00. The fourth-order valence-electron chi connectivity index (χ4n) is 1.87. The number of hydrogen-bond donors (Lipinski definition) is 3. The molecule has 1 aliphatic heterocycles. The number of aliphatic hydroxyl groups is 1. The summed E-state index contributed by atoms with van der Waals surface area (Å²) < 4.78 is 10.6. The Balaban J connectivity index is 2.32. The van der Waals surface area contributed by atoms with E-state index in [0.717, 1.165) is 5.56 Å². The molecule has 0 aromatic heterocycles. The Labute approximate surface area is 93.9 Å². The first-order valence-electron chi connectivity index (χ1n) is 5.18. The van der Waals surface area contributed by atoms with Gasteiger partial charge < -0.3 is 25.3 Å². The van der Waals surface area contributed by atoms with Gasteiger partial charge >= 0.3 is 7.12 Å². The van der Waals surface area contributed by atoms with Crippen molar-refractivity contribution in [1.82, 2.24) is 0 Å². The molecule has 1 aliphatic rings. The van der Waals surface area contributed by atoms with E-state index < -0.39 is 7.12 Å². The lowest BCUT2D eigenvalue weighted by atomic mass is 9.78. The third kappa shape index (κ3) is 1.92. The maximum atomic E-state index is 9.74. The van der Waals surface area contributed by atoms with Gasteiger partial charge in [-0.3, -0.25) is 0 Å². The topological polar surface area (TPSA) is 84.9 Å². The third-order valence-corrected chi connectivity index (χ3v) is 2.55. The first-order chi connectivity index (χ1) is 7.77. The van der Waals surface area contributed by atoms with Crippen LogP contribution in [0.3, 0.4) is 0 Å². The highest BCUT2D eigenvalue weighted by atomic mass is 16.5. The molecule has 0 fully saturated rings. The van der Waals surface area contributed by atoms with E-state index in [1.54, 1.807) is 6.07 Å². The van der Waals surface area contributed by atoms with Gasteiger partial charge in [0, 0.05) is 12.0 Å². The van der Waals surface area contributed by atoms with Gasteiger partial charge in [-0.1, -0.05) is 12.1 Å². The Kier molecular flexibility index (Phi) is 3.45. The molecule has 6 heteroatoms. The van der Waals surface area contributed by atoms with Crippen LogP contribution >= 0.6 is 0 Å². The lowest BCUT2D eigenvalue weighted by Crippen LogP contribution is -2.30. The molecular weight excluding hydrogens is 209 g/mol. The van der Waals surface area contributed by atoms with E-state index in [1.807, 2.05) is 12.1 Å². The van der Waals surface area contributed by atoms with Crippen LogP contribution in [0.5, 0.6) is 5.75 Å². The largest absolute Gasteiger partial charge is 0.495 e. The molecule has 1 atom stereocenters. The molecule has 1 heterocycles. The van der Waals surface area contributed by atoms with Crippen molar-refractivity contribution < 1.29 is 19.5 Å². The van der Waals surface area contributed by atoms with Crippen LogP contribution in [0.2, 0.25) is 0 Å². The average molecular weight is 223 g/mol. The fourth-order valence-corrected chi connectivity index (χ4v) is 1.87. The van der Waals surface area contributed by atoms with Gasteiger partial charge in [0.25, 0.3) is 0 Å². The van der Waals surface area contributed by atoms with E-state index in [1.165, 1.54) is 0 Å². The highest BCUT2D eigenvalue weighted by Gasteiger charge is 2.37. The van der Waals surface area contributed by atoms with Crippen LogP contribution in [-0.2, 0) is 4.65 Å². The number of benzene rings is 1.